The van der Waals surface area contributed by atoms with Gasteiger partial charge in [-0.1, -0.05) is 13.8 Å². The fraction of sp³-hybridized carbons (Fsp3) is 0.667. The summed E-state index contributed by atoms with van der Waals surface area (Å²) in [6.45, 7) is 4.06. The lowest BCUT2D eigenvalue weighted by Crippen LogP contribution is -2.32. The number of nitrogen functional groups attached to an aromatic ring is 1. The number of aliphatic hydroxyl groups is 1. The third-order valence-electron chi connectivity index (χ3n) is 3.63. The molecule has 0 unspecified atom stereocenters. The van der Waals surface area contributed by atoms with E-state index in [1.54, 1.807) is 0 Å². The standard InChI is InChI=1S/C12H20F3N5O/c1-3-11(4-2,7-21)6-17-9-5-8(12(13,14)15)18-10(19-9)20-16/h5,21H,3-4,6-7,16H2,1-2H3,(H2,17,18,19,20). The first-order chi connectivity index (χ1) is 9.80. The summed E-state index contributed by atoms with van der Waals surface area (Å²) < 4.78 is 38.2. The SMILES string of the molecule is CCC(CC)(CO)CNc1cc(C(F)(F)F)nc(NN)n1. The van der Waals surface area contributed by atoms with Crippen molar-refractivity contribution in [1.29, 1.82) is 0 Å². The molecule has 0 fully saturated rings. The number of nitrogens with two attached hydrogens (primary N) is 1. The monoisotopic (exact) mass is 307 g/mol. The van der Waals surface area contributed by atoms with Crippen molar-refractivity contribution in [2.75, 3.05) is 23.9 Å². The third-order valence-corrected chi connectivity index (χ3v) is 3.63. The second kappa shape index (κ2) is 6.90. The van der Waals surface area contributed by atoms with Crippen LogP contribution in [0, 0.1) is 5.41 Å². The van der Waals surface area contributed by atoms with Gasteiger partial charge in [0, 0.05) is 18.0 Å². The van der Waals surface area contributed by atoms with Crippen LogP contribution in [-0.4, -0.2) is 28.2 Å². The molecular formula is C12H20F3N5O. The van der Waals surface area contributed by atoms with E-state index in [1.807, 2.05) is 19.3 Å². The number of anilines is 2. The zero-order valence-corrected chi connectivity index (χ0v) is 12.0. The molecule has 0 atom stereocenters. The molecule has 0 aliphatic rings. The van der Waals surface area contributed by atoms with Gasteiger partial charge in [-0.15, -0.1) is 0 Å². The number of alkyl halides is 3. The molecular weight excluding hydrogens is 287 g/mol. The fourth-order valence-electron chi connectivity index (χ4n) is 1.81. The van der Waals surface area contributed by atoms with Gasteiger partial charge >= 0.3 is 6.18 Å². The van der Waals surface area contributed by atoms with Crippen LogP contribution < -0.4 is 16.6 Å². The van der Waals surface area contributed by atoms with Crippen molar-refractivity contribution >= 4 is 11.8 Å². The Labute approximate surface area is 120 Å². The maximum absolute atomic E-state index is 12.7. The largest absolute Gasteiger partial charge is 0.433 e. The summed E-state index contributed by atoms with van der Waals surface area (Å²) in [6.07, 6.45) is -3.22. The van der Waals surface area contributed by atoms with E-state index in [4.69, 9.17) is 5.84 Å². The molecule has 0 bridgehead atoms. The molecule has 1 rings (SSSR count). The smallest absolute Gasteiger partial charge is 0.396 e. The van der Waals surface area contributed by atoms with Gasteiger partial charge in [-0.3, -0.25) is 5.43 Å². The van der Waals surface area contributed by atoms with Crippen molar-refractivity contribution in [2.45, 2.75) is 32.9 Å². The van der Waals surface area contributed by atoms with Gasteiger partial charge in [0.05, 0.1) is 6.61 Å². The predicted octanol–water partition coefficient (Wildman–Crippen LogP) is 1.99. The summed E-state index contributed by atoms with van der Waals surface area (Å²) in [5.41, 5.74) is 0.517. The number of hydrogen-bond acceptors (Lipinski definition) is 6. The van der Waals surface area contributed by atoms with E-state index in [0.717, 1.165) is 6.07 Å². The molecule has 1 heterocycles. The molecule has 120 valence electrons. The van der Waals surface area contributed by atoms with Crippen LogP contribution >= 0.6 is 0 Å². The molecule has 0 radical (unpaired) electrons. The van der Waals surface area contributed by atoms with E-state index in [9.17, 15) is 18.3 Å². The summed E-state index contributed by atoms with van der Waals surface area (Å²) in [5.74, 6) is 4.76. The minimum absolute atomic E-state index is 0.00463. The van der Waals surface area contributed by atoms with Crippen LogP contribution in [0.4, 0.5) is 24.9 Å². The average molecular weight is 307 g/mol. The normalized spacial score (nSPS) is 12.3. The Hall–Kier alpha value is -1.61. The predicted molar refractivity (Wildman–Crippen MR) is 73.4 cm³/mol. The van der Waals surface area contributed by atoms with E-state index < -0.39 is 17.3 Å². The van der Waals surface area contributed by atoms with Crippen LogP contribution in [0.1, 0.15) is 32.4 Å². The summed E-state index contributed by atoms with van der Waals surface area (Å²) in [5, 5.41) is 12.3. The topological polar surface area (TPSA) is 96.1 Å². The molecule has 1 aromatic heterocycles. The van der Waals surface area contributed by atoms with Gasteiger partial charge in [0.25, 0.3) is 0 Å². The van der Waals surface area contributed by atoms with Crippen molar-refractivity contribution in [2.24, 2.45) is 11.3 Å². The first kappa shape index (κ1) is 17.4. The zero-order valence-electron chi connectivity index (χ0n) is 12.0. The highest BCUT2D eigenvalue weighted by Crippen LogP contribution is 2.30. The summed E-state index contributed by atoms with van der Waals surface area (Å²) in [6, 6.07) is 0.814. The van der Waals surface area contributed by atoms with E-state index in [2.05, 4.69) is 15.3 Å². The zero-order chi connectivity index (χ0) is 16.1. The second-order valence-corrected chi connectivity index (χ2v) is 4.82. The van der Waals surface area contributed by atoms with Gasteiger partial charge in [0.1, 0.15) is 5.82 Å². The number of halogens is 3. The van der Waals surface area contributed by atoms with Crippen LogP contribution in [0.3, 0.4) is 0 Å². The highest BCUT2D eigenvalue weighted by molar-refractivity contribution is 5.42. The summed E-state index contributed by atoms with van der Waals surface area (Å²) in [7, 11) is 0. The quantitative estimate of drug-likeness (QED) is 0.454. The Morgan fingerprint density at radius 1 is 1.24 bits per heavy atom. The highest BCUT2D eigenvalue weighted by Gasteiger charge is 2.34. The number of nitrogens with one attached hydrogen (secondary N) is 2. The van der Waals surface area contributed by atoms with Crippen LogP contribution in [-0.2, 0) is 6.18 Å². The molecule has 5 N–H and O–H groups in total. The number of aliphatic hydroxyl groups excluding tert-OH is 1. The molecule has 21 heavy (non-hydrogen) atoms. The summed E-state index contributed by atoms with van der Waals surface area (Å²) >= 11 is 0. The van der Waals surface area contributed by atoms with Crippen LogP contribution in [0.2, 0.25) is 0 Å². The molecule has 0 saturated heterocycles. The van der Waals surface area contributed by atoms with Gasteiger partial charge in [-0.2, -0.15) is 18.2 Å². The molecule has 1 aromatic rings. The molecule has 0 saturated carbocycles. The van der Waals surface area contributed by atoms with Gasteiger partial charge in [-0.25, -0.2) is 10.8 Å². The molecule has 0 aliphatic heterocycles. The first-order valence-electron chi connectivity index (χ1n) is 6.58. The maximum atomic E-state index is 12.7. The number of rotatable bonds is 7. The van der Waals surface area contributed by atoms with E-state index in [1.165, 1.54) is 0 Å². The van der Waals surface area contributed by atoms with Crippen molar-refractivity contribution in [3.8, 4) is 0 Å². The Morgan fingerprint density at radius 2 is 1.86 bits per heavy atom. The molecule has 0 amide bonds. The lowest BCUT2D eigenvalue weighted by molar-refractivity contribution is -0.141. The van der Waals surface area contributed by atoms with Crippen molar-refractivity contribution in [3.05, 3.63) is 11.8 Å². The molecule has 0 spiro atoms. The number of hydrazine groups is 1. The fourth-order valence-corrected chi connectivity index (χ4v) is 1.81. The minimum atomic E-state index is -4.59. The number of hydrogen-bond donors (Lipinski definition) is 4. The van der Waals surface area contributed by atoms with Crippen LogP contribution in [0.15, 0.2) is 6.07 Å². The van der Waals surface area contributed by atoms with Crippen LogP contribution in [0.5, 0.6) is 0 Å². The Morgan fingerprint density at radius 3 is 2.29 bits per heavy atom. The van der Waals surface area contributed by atoms with E-state index in [-0.39, 0.29) is 18.4 Å². The van der Waals surface area contributed by atoms with Crippen molar-refractivity contribution in [1.82, 2.24) is 9.97 Å². The van der Waals surface area contributed by atoms with Crippen molar-refractivity contribution in [3.63, 3.8) is 0 Å². The molecule has 0 aliphatic carbocycles. The maximum Gasteiger partial charge on any atom is 0.433 e. The molecule has 9 heteroatoms. The number of aromatic nitrogens is 2. The Bertz CT molecular complexity index is 454. The third kappa shape index (κ3) is 4.43. The average Bonchev–Trinajstić information content (AvgIpc) is 2.48. The Kier molecular flexibility index (Phi) is 5.73. The molecule has 6 nitrogen and oxygen atoms in total. The first-order valence-corrected chi connectivity index (χ1v) is 6.58. The van der Waals surface area contributed by atoms with Gasteiger partial charge in [0.15, 0.2) is 5.69 Å². The van der Waals surface area contributed by atoms with Gasteiger partial charge < -0.3 is 10.4 Å². The van der Waals surface area contributed by atoms with Crippen LogP contribution in [0.25, 0.3) is 0 Å². The van der Waals surface area contributed by atoms with Gasteiger partial charge in [-0.05, 0) is 12.8 Å². The Balaban J connectivity index is 2.98. The molecule has 0 aromatic carbocycles. The second-order valence-electron chi connectivity index (χ2n) is 4.82. The van der Waals surface area contributed by atoms with E-state index in [0.29, 0.717) is 19.4 Å². The number of nitrogens with zero attached hydrogens (tertiary/aromatic N) is 2. The minimum Gasteiger partial charge on any atom is -0.396 e. The summed E-state index contributed by atoms with van der Waals surface area (Å²) in [4.78, 5) is 7.10. The lowest BCUT2D eigenvalue weighted by Gasteiger charge is -2.29. The van der Waals surface area contributed by atoms with E-state index >= 15 is 0 Å². The lowest BCUT2D eigenvalue weighted by atomic mass is 9.83. The van der Waals surface area contributed by atoms with Crippen molar-refractivity contribution < 1.29 is 18.3 Å². The van der Waals surface area contributed by atoms with Gasteiger partial charge in [0.2, 0.25) is 5.95 Å². The highest BCUT2D eigenvalue weighted by atomic mass is 19.4.